The molecule has 0 atom stereocenters. The van der Waals surface area contributed by atoms with E-state index in [1.165, 1.54) is 0 Å². The molecular formula is C19H26N2O4. The van der Waals surface area contributed by atoms with Crippen molar-refractivity contribution in [2.45, 2.75) is 20.8 Å². The first-order chi connectivity index (χ1) is 11.8. The summed E-state index contributed by atoms with van der Waals surface area (Å²) >= 11 is 0. The predicted molar refractivity (Wildman–Crippen MR) is 96.0 cm³/mol. The molecule has 0 aliphatic carbocycles. The molecule has 1 saturated heterocycles. The van der Waals surface area contributed by atoms with Gasteiger partial charge in [-0.1, -0.05) is 39.0 Å². The minimum absolute atomic E-state index is 0.213. The topological polar surface area (TPSA) is 67.9 Å². The molecule has 1 N–H and O–H groups in total. The lowest BCUT2D eigenvalue weighted by Gasteiger charge is -2.28. The quantitative estimate of drug-likeness (QED) is 0.848. The fourth-order valence-electron chi connectivity index (χ4n) is 2.34. The fourth-order valence-corrected chi connectivity index (χ4v) is 2.34. The monoisotopic (exact) mass is 346 g/mol. The van der Waals surface area contributed by atoms with Gasteiger partial charge in [-0.15, -0.1) is 0 Å². The Kier molecular flexibility index (Phi) is 6.20. The number of benzene rings is 1. The van der Waals surface area contributed by atoms with Gasteiger partial charge in [0.1, 0.15) is 11.4 Å². The third kappa shape index (κ3) is 5.06. The molecule has 0 unspecified atom stereocenters. The Balaban J connectivity index is 2.35. The second-order valence-electron chi connectivity index (χ2n) is 6.91. The van der Waals surface area contributed by atoms with E-state index in [1.807, 2.05) is 45.0 Å². The van der Waals surface area contributed by atoms with Crippen molar-refractivity contribution in [1.29, 1.82) is 0 Å². The van der Waals surface area contributed by atoms with Crippen LogP contribution in [0.25, 0.3) is 6.08 Å². The van der Waals surface area contributed by atoms with Crippen molar-refractivity contribution in [2.24, 2.45) is 5.41 Å². The number of methoxy groups -OCH3 is 1. The Morgan fingerprint density at radius 3 is 2.44 bits per heavy atom. The second kappa shape index (κ2) is 8.16. The summed E-state index contributed by atoms with van der Waals surface area (Å²) in [4.78, 5) is 27.0. The van der Waals surface area contributed by atoms with Crippen LogP contribution in [-0.2, 0) is 14.3 Å². The first kappa shape index (κ1) is 19.0. The van der Waals surface area contributed by atoms with Crippen molar-refractivity contribution in [2.75, 3.05) is 33.4 Å². The molecule has 1 heterocycles. The smallest absolute Gasteiger partial charge is 0.270 e. The Morgan fingerprint density at radius 2 is 1.84 bits per heavy atom. The van der Waals surface area contributed by atoms with Gasteiger partial charge < -0.3 is 19.7 Å². The van der Waals surface area contributed by atoms with Gasteiger partial charge in [0.2, 0.25) is 5.91 Å². The number of carbonyl (C=O) groups excluding carboxylic acids is 2. The lowest BCUT2D eigenvalue weighted by molar-refractivity contribution is -0.134. The summed E-state index contributed by atoms with van der Waals surface area (Å²) < 4.78 is 10.6. The van der Waals surface area contributed by atoms with Gasteiger partial charge >= 0.3 is 0 Å². The average Bonchev–Trinajstić information content (AvgIpc) is 2.60. The molecule has 136 valence electrons. The van der Waals surface area contributed by atoms with Gasteiger partial charge in [0.05, 0.1) is 20.3 Å². The molecule has 0 spiro atoms. The minimum Gasteiger partial charge on any atom is -0.496 e. The van der Waals surface area contributed by atoms with Gasteiger partial charge in [0, 0.05) is 24.1 Å². The molecule has 6 heteroatoms. The van der Waals surface area contributed by atoms with Crippen LogP contribution < -0.4 is 10.1 Å². The van der Waals surface area contributed by atoms with Crippen LogP contribution in [0.15, 0.2) is 30.0 Å². The highest BCUT2D eigenvalue weighted by Crippen LogP contribution is 2.22. The van der Waals surface area contributed by atoms with Crippen LogP contribution in [0, 0.1) is 5.41 Å². The van der Waals surface area contributed by atoms with E-state index in [1.54, 1.807) is 18.1 Å². The largest absolute Gasteiger partial charge is 0.496 e. The third-order valence-corrected chi connectivity index (χ3v) is 3.90. The molecule has 0 bridgehead atoms. The van der Waals surface area contributed by atoms with E-state index in [0.717, 1.165) is 5.56 Å². The maximum absolute atomic E-state index is 12.9. The van der Waals surface area contributed by atoms with Gasteiger partial charge in [0.15, 0.2) is 0 Å². The molecular weight excluding hydrogens is 320 g/mol. The van der Waals surface area contributed by atoms with Crippen LogP contribution in [0.1, 0.15) is 26.3 Å². The summed E-state index contributed by atoms with van der Waals surface area (Å²) in [6, 6.07) is 7.37. The molecule has 2 amide bonds. The highest BCUT2D eigenvalue weighted by molar-refractivity contribution is 6.02. The zero-order chi connectivity index (χ0) is 18.4. The summed E-state index contributed by atoms with van der Waals surface area (Å²) in [6.07, 6.45) is 1.67. The van der Waals surface area contributed by atoms with Crippen LogP contribution in [0.4, 0.5) is 0 Å². The van der Waals surface area contributed by atoms with E-state index in [-0.39, 0.29) is 17.5 Å². The number of nitrogens with one attached hydrogen (secondary N) is 1. The van der Waals surface area contributed by atoms with Crippen molar-refractivity contribution in [1.82, 2.24) is 10.2 Å². The SMILES string of the molecule is COc1ccccc1/C=C(\NC(=O)C(C)(C)C)C(=O)N1CCOCC1. The molecule has 1 fully saturated rings. The summed E-state index contributed by atoms with van der Waals surface area (Å²) in [7, 11) is 1.57. The maximum atomic E-state index is 12.9. The average molecular weight is 346 g/mol. The number of morpholine rings is 1. The van der Waals surface area contributed by atoms with E-state index in [2.05, 4.69) is 5.32 Å². The Morgan fingerprint density at radius 1 is 1.20 bits per heavy atom. The minimum atomic E-state index is -0.606. The van der Waals surface area contributed by atoms with E-state index < -0.39 is 5.41 Å². The van der Waals surface area contributed by atoms with Gasteiger partial charge in [-0.25, -0.2) is 0 Å². The molecule has 1 aliphatic rings. The summed E-state index contributed by atoms with van der Waals surface area (Å²) in [5.74, 6) is 0.210. The molecule has 25 heavy (non-hydrogen) atoms. The number of hydrogen-bond acceptors (Lipinski definition) is 4. The molecule has 0 aromatic heterocycles. The Bertz CT molecular complexity index is 656. The molecule has 6 nitrogen and oxygen atoms in total. The zero-order valence-corrected chi connectivity index (χ0v) is 15.3. The third-order valence-electron chi connectivity index (χ3n) is 3.90. The van der Waals surface area contributed by atoms with Crippen LogP contribution >= 0.6 is 0 Å². The highest BCUT2D eigenvalue weighted by Gasteiger charge is 2.27. The van der Waals surface area contributed by atoms with E-state index >= 15 is 0 Å². The highest BCUT2D eigenvalue weighted by atomic mass is 16.5. The first-order valence-electron chi connectivity index (χ1n) is 8.36. The van der Waals surface area contributed by atoms with Crippen molar-refractivity contribution in [3.63, 3.8) is 0 Å². The van der Waals surface area contributed by atoms with Crippen LogP contribution in [0.5, 0.6) is 5.75 Å². The number of nitrogens with zero attached hydrogens (tertiary/aromatic N) is 1. The zero-order valence-electron chi connectivity index (χ0n) is 15.3. The van der Waals surface area contributed by atoms with Crippen molar-refractivity contribution < 1.29 is 19.1 Å². The van der Waals surface area contributed by atoms with Gasteiger partial charge in [-0.3, -0.25) is 9.59 Å². The standard InChI is InChI=1S/C19H26N2O4/c1-19(2,3)18(23)20-15(17(22)21-9-11-25-12-10-21)13-14-7-5-6-8-16(14)24-4/h5-8,13H,9-12H2,1-4H3,(H,20,23)/b15-13-. The van der Waals surface area contributed by atoms with Crippen LogP contribution in [-0.4, -0.2) is 50.1 Å². The molecule has 2 rings (SSSR count). The molecule has 0 radical (unpaired) electrons. The number of rotatable bonds is 4. The lowest BCUT2D eigenvalue weighted by atomic mass is 9.95. The fraction of sp³-hybridized carbons (Fsp3) is 0.474. The lowest BCUT2D eigenvalue weighted by Crippen LogP contribution is -2.46. The second-order valence-corrected chi connectivity index (χ2v) is 6.91. The predicted octanol–water partition coefficient (Wildman–Crippen LogP) is 2.06. The van der Waals surface area contributed by atoms with Gasteiger partial charge in [-0.2, -0.15) is 0 Å². The van der Waals surface area contributed by atoms with E-state index in [9.17, 15) is 9.59 Å². The van der Waals surface area contributed by atoms with E-state index in [4.69, 9.17) is 9.47 Å². The number of amides is 2. The molecule has 1 aromatic rings. The summed E-state index contributed by atoms with van der Waals surface area (Å²) in [5.41, 5.74) is 0.368. The normalized spacial score (nSPS) is 15.7. The van der Waals surface area contributed by atoms with Gasteiger partial charge in [0.25, 0.3) is 5.91 Å². The summed E-state index contributed by atoms with van der Waals surface area (Å²) in [5, 5.41) is 2.79. The van der Waals surface area contributed by atoms with Crippen molar-refractivity contribution in [3.8, 4) is 5.75 Å². The number of hydrogen-bond donors (Lipinski definition) is 1. The van der Waals surface area contributed by atoms with Crippen molar-refractivity contribution in [3.05, 3.63) is 35.5 Å². The Hall–Kier alpha value is -2.34. The molecule has 0 saturated carbocycles. The maximum Gasteiger partial charge on any atom is 0.270 e. The Labute approximate surface area is 148 Å². The van der Waals surface area contributed by atoms with Crippen LogP contribution in [0.2, 0.25) is 0 Å². The van der Waals surface area contributed by atoms with Gasteiger partial charge in [-0.05, 0) is 12.1 Å². The van der Waals surface area contributed by atoms with E-state index in [0.29, 0.717) is 32.1 Å². The molecule has 1 aromatic carbocycles. The molecule has 1 aliphatic heterocycles. The number of ether oxygens (including phenoxy) is 2. The van der Waals surface area contributed by atoms with Crippen molar-refractivity contribution >= 4 is 17.9 Å². The number of carbonyl (C=O) groups is 2. The first-order valence-corrected chi connectivity index (χ1v) is 8.36. The number of para-hydroxylation sites is 1. The van der Waals surface area contributed by atoms with Crippen LogP contribution in [0.3, 0.4) is 0 Å². The summed E-state index contributed by atoms with van der Waals surface area (Å²) in [6.45, 7) is 7.44.